The zero-order chi connectivity index (χ0) is 21.2. The summed E-state index contributed by atoms with van der Waals surface area (Å²) in [6, 6.07) is 9.87. The van der Waals surface area contributed by atoms with Crippen LogP contribution in [0.1, 0.15) is 5.69 Å². The molecule has 0 aliphatic heterocycles. The molecule has 2 aromatic carbocycles. The fourth-order valence-electron chi connectivity index (χ4n) is 2.37. The molecule has 0 bridgehead atoms. The van der Waals surface area contributed by atoms with Crippen molar-refractivity contribution >= 4 is 44.6 Å². The van der Waals surface area contributed by atoms with Crippen molar-refractivity contribution in [3.05, 3.63) is 79.0 Å². The molecule has 3 aromatic rings. The van der Waals surface area contributed by atoms with E-state index in [0.717, 1.165) is 0 Å². The van der Waals surface area contributed by atoms with Crippen LogP contribution in [0.15, 0.2) is 66.9 Å². The van der Waals surface area contributed by atoms with Gasteiger partial charge in [-0.05, 0) is 54.9 Å². The van der Waals surface area contributed by atoms with Crippen LogP contribution in [-0.2, 0) is 10.0 Å². The summed E-state index contributed by atoms with van der Waals surface area (Å²) < 4.78 is 27.4. The molecule has 0 saturated heterocycles. The van der Waals surface area contributed by atoms with Crippen molar-refractivity contribution < 1.29 is 8.42 Å². The van der Waals surface area contributed by atoms with E-state index in [1.807, 2.05) is 0 Å². The minimum atomic E-state index is -4.12. The Kier molecular flexibility index (Phi) is 5.76. The van der Waals surface area contributed by atoms with Gasteiger partial charge in [0.05, 0.1) is 21.3 Å². The first-order chi connectivity index (χ1) is 13.7. The van der Waals surface area contributed by atoms with Crippen LogP contribution in [0.2, 0.25) is 10.0 Å². The zero-order valence-electron chi connectivity index (χ0n) is 14.6. The predicted molar refractivity (Wildman–Crippen MR) is 108 cm³/mol. The van der Waals surface area contributed by atoms with E-state index in [0.29, 0.717) is 27.1 Å². The molecule has 0 aliphatic rings. The van der Waals surface area contributed by atoms with E-state index in [2.05, 4.69) is 24.8 Å². The van der Waals surface area contributed by atoms with E-state index in [1.165, 1.54) is 35.0 Å². The number of H-pyrrole nitrogens is 1. The van der Waals surface area contributed by atoms with Crippen LogP contribution < -0.4 is 5.56 Å². The quantitative estimate of drug-likeness (QED) is 0.323. The third-order valence-electron chi connectivity index (χ3n) is 3.74. The van der Waals surface area contributed by atoms with Crippen LogP contribution in [0.4, 0.5) is 11.4 Å². The van der Waals surface area contributed by atoms with Gasteiger partial charge in [-0.15, -0.1) is 10.2 Å². The van der Waals surface area contributed by atoms with E-state index < -0.39 is 15.6 Å². The zero-order valence-corrected chi connectivity index (χ0v) is 16.9. The standard InChI is InChI=1S/C16H11Cl2N7O3S/c1-9-15(21-20-14-8-10(17)2-7-13(14)18)16(26)25(22-9)11-3-5-12(6-4-11)29(27,28)24-23-19/h2-8,22H,1H3. The Morgan fingerprint density at radius 3 is 2.45 bits per heavy atom. The number of hydrogen-bond donors (Lipinski definition) is 1. The van der Waals surface area contributed by atoms with Gasteiger partial charge in [-0.3, -0.25) is 9.89 Å². The van der Waals surface area contributed by atoms with Crippen LogP contribution in [0.25, 0.3) is 16.1 Å². The lowest BCUT2D eigenvalue weighted by Crippen LogP contribution is -2.14. The lowest BCUT2D eigenvalue weighted by atomic mass is 10.3. The van der Waals surface area contributed by atoms with Gasteiger partial charge in [-0.25, -0.2) is 13.1 Å². The largest absolute Gasteiger partial charge is 0.299 e. The molecule has 0 radical (unpaired) electrons. The number of hydrogen-bond acceptors (Lipinski definition) is 5. The summed E-state index contributed by atoms with van der Waals surface area (Å²) in [6.07, 6.45) is 0. The number of azide groups is 1. The van der Waals surface area contributed by atoms with Crippen molar-refractivity contribution in [3.63, 3.8) is 0 Å². The molecular formula is C16H11Cl2N7O3S. The Morgan fingerprint density at radius 2 is 1.79 bits per heavy atom. The van der Waals surface area contributed by atoms with Crippen molar-refractivity contribution in [2.75, 3.05) is 0 Å². The second-order valence-electron chi connectivity index (χ2n) is 5.66. The molecule has 0 aliphatic carbocycles. The minimum Gasteiger partial charge on any atom is -0.293 e. The summed E-state index contributed by atoms with van der Waals surface area (Å²) in [5.41, 5.74) is 8.95. The van der Waals surface area contributed by atoms with E-state index in [-0.39, 0.29) is 10.6 Å². The second kappa shape index (κ2) is 8.10. The number of azo groups is 1. The summed E-state index contributed by atoms with van der Waals surface area (Å²) in [7, 11) is -4.12. The third kappa shape index (κ3) is 4.33. The monoisotopic (exact) mass is 451 g/mol. The highest BCUT2D eigenvalue weighted by Crippen LogP contribution is 2.29. The number of sulfonamides is 1. The number of nitrogens with one attached hydrogen (secondary N) is 1. The number of aromatic amines is 1. The maximum atomic E-state index is 12.7. The number of aromatic nitrogens is 2. The number of nitrogens with zero attached hydrogens (tertiary/aromatic N) is 6. The van der Waals surface area contributed by atoms with E-state index in [9.17, 15) is 13.2 Å². The highest BCUT2D eigenvalue weighted by atomic mass is 35.5. The molecule has 1 heterocycles. The fourth-order valence-corrected chi connectivity index (χ4v) is 3.36. The van der Waals surface area contributed by atoms with E-state index >= 15 is 0 Å². The maximum absolute atomic E-state index is 12.7. The first kappa shape index (κ1) is 20.6. The SMILES string of the molecule is Cc1[nH]n(-c2ccc(S(=O)(=O)N=[N+]=[N-])cc2)c(=O)c1N=Nc1cc(Cl)ccc1Cl. The number of benzene rings is 2. The van der Waals surface area contributed by atoms with Crippen LogP contribution in [0.3, 0.4) is 0 Å². The van der Waals surface area contributed by atoms with Gasteiger partial charge in [-0.2, -0.15) is 0 Å². The Bertz CT molecular complexity index is 1320. The average Bonchev–Trinajstić information content (AvgIpc) is 2.96. The van der Waals surface area contributed by atoms with E-state index in [1.54, 1.807) is 19.1 Å². The van der Waals surface area contributed by atoms with Crippen molar-refractivity contribution in [3.8, 4) is 5.69 Å². The first-order valence-corrected chi connectivity index (χ1v) is 10.0. The number of rotatable bonds is 5. The molecule has 29 heavy (non-hydrogen) atoms. The van der Waals surface area contributed by atoms with Crippen molar-refractivity contribution in [2.24, 2.45) is 14.7 Å². The third-order valence-corrected chi connectivity index (χ3v) is 5.45. The van der Waals surface area contributed by atoms with Gasteiger partial charge in [0.15, 0.2) is 5.69 Å². The van der Waals surface area contributed by atoms with Crippen LogP contribution in [-0.4, -0.2) is 18.2 Å². The molecule has 1 N–H and O–H groups in total. The molecule has 0 amide bonds. The van der Waals surface area contributed by atoms with Gasteiger partial charge in [0.25, 0.3) is 15.6 Å². The Labute approximate surface area is 174 Å². The summed E-state index contributed by atoms with van der Waals surface area (Å²) in [5.74, 6) is 0. The molecule has 148 valence electrons. The summed E-state index contributed by atoms with van der Waals surface area (Å²) >= 11 is 11.9. The highest BCUT2D eigenvalue weighted by Gasteiger charge is 2.15. The normalized spacial score (nSPS) is 11.6. The summed E-state index contributed by atoms with van der Waals surface area (Å²) in [6.45, 7) is 1.63. The minimum absolute atomic E-state index is 0.0480. The smallest absolute Gasteiger partial charge is 0.293 e. The summed E-state index contributed by atoms with van der Waals surface area (Å²) in [4.78, 5) is 14.8. The topological polar surface area (TPSA) is 145 Å². The molecule has 0 unspecified atom stereocenters. The molecule has 10 nitrogen and oxygen atoms in total. The predicted octanol–water partition coefficient (Wildman–Crippen LogP) is 5.20. The van der Waals surface area contributed by atoms with Crippen molar-refractivity contribution in [1.82, 2.24) is 9.78 Å². The molecule has 0 atom stereocenters. The van der Waals surface area contributed by atoms with Crippen LogP contribution >= 0.6 is 23.2 Å². The van der Waals surface area contributed by atoms with E-state index in [4.69, 9.17) is 28.7 Å². The number of aryl methyl sites for hydroxylation is 1. The molecular weight excluding hydrogens is 441 g/mol. The first-order valence-electron chi connectivity index (χ1n) is 7.83. The molecule has 0 saturated carbocycles. The Hall–Kier alpha value is -3.11. The van der Waals surface area contributed by atoms with Gasteiger partial charge >= 0.3 is 0 Å². The van der Waals surface area contributed by atoms with Crippen molar-refractivity contribution in [2.45, 2.75) is 11.8 Å². The molecule has 0 fully saturated rings. The second-order valence-corrected chi connectivity index (χ2v) is 8.09. The molecule has 1 aromatic heterocycles. The van der Waals surface area contributed by atoms with Gasteiger partial charge in [0.2, 0.25) is 0 Å². The Balaban J connectivity index is 1.98. The lowest BCUT2D eigenvalue weighted by molar-refractivity contribution is 0.597. The van der Waals surface area contributed by atoms with Gasteiger partial charge in [0.1, 0.15) is 5.69 Å². The van der Waals surface area contributed by atoms with Crippen molar-refractivity contribution in [1.29, 1.82) is 0 Å². The summed E-state index contributed by atoms with van der Waals surface area (Å²) in [5, 5.41) is 11.5. The Morgan fingerprint density at radius 1 is 1.10 bits per heavy atom. The average molecular weight is 452 g/mol. The van der Waals surface area contributed by atoms with Crippen LogP contribution in [0, 0.1) is 6.92 Å². The molecule has 3 rings (SSSR count). The molecule has 0 spiro atoms. The van der Waals surface area contributed by atoms with Gasteiger partial charge in [-0.1, -0.05) is 23.2 Å². The maximum Gasteiger partial charge on any atom is 0.299 e. The fraction of sp³-hybridized carbons (Fsp3) is 0.0625. The lowest BCUT2D eigenvalue weighted by Gasteiger charge is -2.02. The van der Waals surface area contributed by atoms with Crippen LogP contribution in [0.5, 0.6) is 0 Å². The van der Waals surface area contributed by atoms with Gasteiger partial charge < -0.3 is 0 Å². The van der Waals surface area contributed by atoms with Gasteiger partial charge in [0, 0.05) is 14.5 Å². The molecule has 13 heteroatoms. The number of halogens is 2. The highest BCUT2D eigenvalue weighted by molar-refractivity contribution is 7.90.